The molecule has 1 spiro atoms. The number of amides is 2. The van der Waals surface area contributed by atoms with Crippen molar-refractivity contribution in [1.29, 1.82) is 0 Å². The van der Waals surface area contributed by atoms with Crippen molar-refractivity contribution in [3.8, 4) is 0 Å². The number of piperidine rings is 1. The van der Waals surface area contributed by atoms with Gasteiger partial charge in [0.05, 0.1) is 5.41 Å². The first-order valence-corrected chi connectivity index (χ1v) is 7.46. The van der Waals surface area contributed by atoms with Crippen LogP contribution in [0.4, 0.5) is 0 Å². The molecule has 2 aliphatic rings. The molecular weight excluding hydrogens is 272 g/mol. The lowest BCUT2D eigenvalue weighted by Gasteiger charge is -2.32. The SMILES string of the molecule is O=C(CCCn1cnnn1)N1CC[C@]2(CCCNC2=O)C1. The fraction of sp³-hybridized carbons (Fsp3) is 0.769. The van der Waals surface area contributed by atoms with E-state index in [9.17, 15) is 9.59 Å². The van der Waals surface area contributed by atoms with Gasteiger partial charge >= 0.3 is 0 Å². The summed E-state index contributed by atoms with van der Waals surface area (Å²) in [6, 6.07) is 0. The van der Waals surface area contributed by atoms with Gasteiger partial charge in [0.15, 0.2) is 0 Å². The maximum Gasteiger partial charge on any atom is 0.228 e. The summed E-state index contributed by atoms with van der Waals surface area (Å²) >= 11 is 0. The Balaban J connectivity index is 1.49. The number of tetrazole rings is 1. The summed E-state index contributed by atoms with van der Waals surface area (Å²) in [7, 11) is 0. The number of hydrogen-bond acceptors (Lipinski definition) is 5. The Kier molecular flexibility index (Phi) is 3.85. The average molecular weight is 292 g/mol. The number of likely N-dealkylation sites (tertiary alicyclic amines) is 1. The van der Waals surface area contributed by atoms with E-state index in [0.717, 1.165) is 25.8 Å². The Labute approximate surface area is 122 Å². The van der Waals surface area contributed by atoms with Crippen molar-refractivity contribution in [2.24, 2.45) is 5.41 Å². The second kappa shape index (κ2) is 5.79. The Morgan fingerprint density at radius 3 is 3.10 bits per heavy atom. The van der Waals surface area contributed by atoms with E-state index in [4.69, 9.17) is 0 Å². The van der Waals surface area contributed by atoms with Gasteiger partial charge in [0, 0.05) is 32.6 Å². The molecule has 1 atom stereocenters. The topological polar surface area (TPSA) is 93.0 Å². The maximum atomic E-state index is 12.2. The van der Waals surface area contributed by atoms with Crippen molar-refractivity contribution in [2.45, 2.75) is 38.6 Å². The molecule has 2 fully saturated rings. The summed E-state index contributed by atoms with van der Waals surface area (Å²) in [5, 5.41) is 13.8. The van der Waals surface area contributed by atoms with Crippen LogP contribution >= 0.6 is 0 Å². The lowest BCUT2D eigenvalue weighted by Crippen LogP contribution is -2.47. The van der Waals surface area contributed by atoms with Gasteiger partial charge in [0.1, 0.15) is 6.33 Å². The molecule has 21 heavy (non-hydrogen) atoms. The Hall–Kier alpha value is -1.99. The van der Waals surface area contributed by atoms with Gasteiger partial charge in [-0.25, -0.2) is 4.68 Å². The summed E-state index contributed by atoms with van der Waals surface area (Å²) in [6.45, 7) is 2.67. The van der Waals surface area contributed by atoms with Crippen molar-refractivity contribution in [3.63, 3.8) is 0 Å². The minimum atomic E-state index is -0.330. The standard InChI is InChI=1S/C13H20N6O2/c20-11(3-1-7-19-10-15-16-17-19)18-8-5-13(9-18)4-2-6-14-12(13)21/h10H,1-9H2,(H,14,21)/t13-/m1/s1. The maximum absolute atomic E-state index is 12.2. The second-order valence-electron chi connectivity index (χ2n) is 5.88. The molecule has 3 rings (SSSR count). The summed E-state index contributed by atoms with van der Waals surface area (Å²) in [5.41, 5.74) is -0.330. The summed E-state index contributed by atoms with van der Waals surface area (Å²) in [5.74, 6) is 0.246. The zero-order chi connectivity index (χ0) is 14.7. The van der Waals surface area contributed by atoms with Crippen molar-refractivity contribution in [2.75, 3.05) is 19.6 Å². The van der Waals surface area contributed by atoms with E-state index in [-0.39, 0.29) is 17.2 Å². The fourth-order valence-corrected chi connectivity index (χ4v) is 3.24. The molecule has 2 saturated heterocycles. The lowest BCUT2D eigenvalue weighted by atomic mass is 9.79. The van der Waals surface area contributed by atoms with E-state index in [1.165, 1.54) is 0 Å². The van der Waals surface area contributed by atoms with Crippen LogP contribution in [0, 0.1) is 5.41 Å². The van der Waals surface area contributed by atoms with Crippen LogP contribution in [0.3, 0.4) is 0 Å². The van der Waals surface area contributed by atoms with Crippen LogP contribution in [0.5, 0.6) is 0 Å². The fourth-order valence-electron chi connectivity index (χ4n) is 3.24. The first-order chi connectivity index (χ1) is 10.2. The van der Waals surface area contributed by atoms with Crippen LogP contribution in [0.1, 0.15) is 32.1 Å². The number of carbonyl (C=O) groups is 2. The smallest absolute Gasteiger partial charge is 0.228 e. The van der Waals surface area contributed by atoms with Crippen molar-refractivity contribution >= 4 is 11.8 Å². The highest BCUT2D eigenvalue weighted by molar-refractivity contribution is 5.85. The van der Waals surface area contributed by atoms with E-state index in [1.54, 1.807) is 11.0 Å². The Bertz CT molecular complexity index is 517. The lowest BCUT2D eigenvalue weighted by molar-refractivity contribution is -0.134. The third-order valence-electron chi connectivity index (χ3n) is 4.48. The molecule has 1 N–H and O–H groups in total. The zero-order valence-corrected chi connectivity index (χ0v) is 12.0. The number of rotatable bonds is 4. The second-order valence-corrected chi connectivity index (χ2v) is 5.88. The highest BCUT2D eigenvalue weighted by atomic mass is 16.2. The molecule has 0 bridgehead atoms. The van der Waals surface area contributed by atoms with E-state index in [1.807, 2.05) is 4.90 Å². The van der Waals surface area contributed by atoms with Crippen molar-refractivity contribution in [3.05, 3.63) is 6.33 Å². The summed E-state index contributed by atoms with van der Waals surface area (Å²) in [6.07, 6.45) is 5.41. The van der Waals surface area contributed by atoms with Crippen LogP contribution in [0.25, 0.3) is 0 Å². The first kappa shape index (κ1) is 14.0. The van der Waals surface area contributed by atoms with Crippen LogP contribution in [-0.2, 0) is 16.1 Å². The predicted molar refractivity (Wildman–Crippen MR) is 72.9 cm³/mol. The monoisotopic (exact) mass is 292 g/mol. The molecule has 1 aromatic heterocycles. The van der Waals surface area contributed by atoms with Gasteiger partial charge in [0.25, 0.3) is 0 Å². The number of aromatic nitrogens is 4. The van der Waals surface area contributed by atoms with Gasteiger partial charge in [-0.2, -0.15) is 0 Å². The average Bonchev–Trinajstić information content (AvgIpc) is 3.13. The van der Waals surface area contributed by atoms with Gasteiger partial charge in [0.2, 0.25) is 11.8 Å². The zero-order valence-electron chi connectivity index (χ0n) is 12.0. The molecule has 2 amide bonds. The number of hydrogen-bond donors (Lipinski definition) is 1. The van der Waals surface area contributed by atoms with Crippen molar-refractivity contribution < 1.29 is 9.59 Å². The molecule has 2 aliphatic heterocycles. The molecule has 114 valence electrons. The van der Waals surface area contributed by atoms with Crippen LogP contribution in [-0.4, -0.2) is 56.6 Å². The van der Waals surface area contributed by atoms with Crippen molar-refractivity contribution in [1.82, 2.24) is 30.4 Å². The minimum absolute atomic E-state index is 0.123. The molecule has 8 nitrogen and oxygen atoms in total. The molecule has 0 saturated carbocycles. The molecule has 1 aromatic rings. The van der Waals surface area contributed by atoms with Gasteiger partial charge in [-0.1, -0.05) is 0 Å². The normalized spacial score (nSPS) is 25.3. The van der Waals surface area contributed by atoms with E-state index in [2.05, 4.69) is 20.8 Å². The van der Waals surface area contributed by atoms with Gasteiger partial charge in [-0.15, -0.1) is 5.10 Å². The molecular formula is C13H20N6O2. The predicted octanol–water partition coefficient (Wildman–Crippen LogP) is -0.418. The number of carbonyl (C=O) groups excluding carboxylic acids is 2. The first-order valence-electron chi connectivity index (χ1n) is 7.46. The summed E-state index contributed by atoms with van der Waals surface area (Å²) < 4.78 is 1.62. The molecule has 0 unspecified atom stereocenters. The molecule has 8 heteroatoms. The molecule has 0 aromatic carbocycles. The van der Waals surface area contributed by atoms with Crippen LogP contribution < -0.4 is 5.32 Å². The van der Waals surface area contributed by atoms with E-state index >= 15 is 0 Å². The van der Waals surface area contributed by atoms with Crippen LogP contribution in [0.15, 0.2) is 6.33 Å². The number of nitrogens with one attached hydrogen (secondary N) is 1. The summed E-state index contributed by atoms with van der Waals surface area (Å²) in [4.78, 5) is 26.2. The third kappa shape index (κ3) is 2.88. The number of aryl methyl sites for hydroxylation is 1. The highest BCUT2D eigenvalue weighted by Gasteiger charge is 2.46. The van der Waals surface area contributed by atoms with Gasteiger partial charge in [-0.3, -0.25) is 9.59 Å². The molecule has 0 radical (unpaired) electrons. The number of nitrogens with zero attached hydrogens (tertiary/aromatic N) is 5. The third-order valence-corrected chi connectivity index (χ3v) is 4.48. The quantitative estimate of drug-likeness (QED) is 0.813. The highest BCUT2D eigenvalue weighted by Crippen LogP contribution is 2.37. The molecule has 0 aliphatic carbocycles. The van der Waals surface area contributed by atoms with E-state index in [0.29, 0.717) is 32.5 Å². The largest absolute Gasteiger partial charge is 0.356 e. The van der Waals surface area contributed by atoms with E-state index < -0.39 is 0 Å². The Morgan fingerprint density at radius 2 is 2.33 bits per heavy atom. The van der Waals surface area contributed by atoms with Crippen LogP contribution in [0.2, 0.25) is 0 Å². The van der Waals surface area contributed by atoms with Gasteiger partial charge in [-0.05, 0) is 36.1 Å². The van der Waals surface area contributed by atoms with Gasteiger partial charge < -0.3 is 10.2 Å². The Morgan fingerprint density at radius 1 is 1.43 bits per heavy atom. The minimum Gasteiger partial charge on any atom is -0.356 e. The molecule has 3 heterocycles.